The van der Waals surface area contributed by atoms with Crippen LogP contribution in [0.1, 0.15) is 36.5 Å². The van der Waals surface area contributed by atoms with Gasteiger partial charge in [-0.15, -0.1) is 0 Å². The molecule has 1 unspecified atom stereocenters. The molecule has 1 aliphatic rings. The standard InChI is InChI=1S/C13H19NO2/c1-10-2-5-14-9-12(10)13(15)8-11-3-6-16-7-4-11/h2,5,9,11,13,15H,3-4,6-8H2,1H3. The number of pyridine rings is 1. The van der Waals surface area contributed by atoms with Crippen molar-refractivity contribution in [2.24, 2.45) is 5.92 Å². The van der Waals surface area contributed by atoms with Gasteiger partial charge in [0.15, 0.2) is 0 Å². The van der Waals surface area contributed by atoms with Gasteiger partial charge in [0.05, 0.1) is 6.10 Å². The van der Waals surface area contributed by atoms with Gasteiger partial charge in [0, 0.05) is 31.2 Å². The largest absolute Gasteiger partial charge is 0.388 e. The van der Waals surface area contributed by atoms with Gasteiger partial charge in [-0.2, -0.15) is 0 Å². The van der Waals surface area contributed by atoms with E-state index in [1.54, 1.807) is 12.4 Å². The van der Waals surface area contributed by atoms with E-state index in [1.807, 2.05) is 13.0 Å². The van der Waals surface area contributed by atoms with Crippen LogP contribution in [0.4, 0.5) is 0 Å². The molecule has 0 saturated carbocycles. The Morgan fingerprint density at radius 2 is 2.25 bits per heavy atom. The summed E-state index contributed by atoms with van der Waals surface area (Å²) in [7, 11) is 0. The lowest BCUT2D eigenvalue weighted by atomic mass is 9.90. The summed E-state index contributed by atoms with van der Waals surface area (Å²) in [6.07, 6.45) is 6.12. The zero-order valence-corrected chi connectivity index (χ0v) is 9.72. The molecule has 1 aromatic heterocycles. The lowest BCUT2D eigenvalue weighted by Crippen LogP contribution is -2.18. The van der Waals surface area contributed by atoms with Crippen LogP contribution in [-0.4, -0.2) is 23.3 Å². The lowest BCUT2D eigenvalue weighted by Gasteiger charge is -2.24. The fourth-order valence-electron chi connectivity index (χ4n) is 2.25. The van der Waals surface area contributed by atoms with Crippen LogP contribution in [0.25, 0.3) is 0 Å². The van der Waals surface area contributed by atoms with E-state index in [9.17, 15) is 5.11 Å². The molecule has 1 N–H and O–H groups in total. The minimum atomic E-state index is -0.378. The molecule has 0 bridgehead atoms. The van der Waals surface area contributed by atoms with Crippen LogP contribution >= 0.6 is 0 Å². The summed E-state index contributed by atoms with van der Waals surface area (Å²) in [6.45, 7) is 3.69. The monoisotopic (exact) mass is 221 g/mol. The number of ether oxygens (including phenoxy) is 1. The van der Waals surface area contributed by atoms with E-state index < -0.39 is 0 Å². The molecule has 2 rings (SSSR count). The predicted molar refractivity (Wildman–Crippen MR) is 62.1 cm³/mol. The topological polar surface area (TPSA) is 42.4 Å². The first-order valence-electron chi connectivity index (χ1n) is 5.93. The molecule has 3 nitrogen and oxygen atoms in total. The van der Waals surface area contributed by atoms with Crippen LogP contribution in [-0.2, 0) is 4.74 Å². The van der Waals surface area contributed by atoms with E-state index in [0.717, 1.165) is 43.6 Å². The van der Waals surface area contributed by atoms with E-state index in [4.69, 9.17) is 4.74 Å². The van der Waals surface area contributed by atoms with Gasteiger partial charge in [-0.1, -0.05) is 0 Å². The van der Waals surface area contributed by atoms with E-state index in [-0.39, 0.29) is 6.10 Å². The van der Waals surface area contributed by atoms with Crippen molar-refractivity contribution < 1.29 is 9.84 Å². The summed E-state index contributed by atoms with van der Waals surface area (Å²) in [4.78, 5) is 4.07. The molecule has 0 aliphatic carbocycles. The number of rotatable bonds is 3. The first-order chi connectivity index (χ1) is 7.77. The minimum Gasteiger partial charge on any atom is -0.388 e. The van der Waals surface area contributed by atoms with Crippen molar-refractivity contribution in [1.82, 2.24) is 4.98 Å². The molecule has 3 heteroatoms. The molecule has 0 aromatic carbocycles. The van der Waals surface area contributed by atoms with Gasteiger partial charge in [-0.3, -0.25) is 4.98 Å². The second-order valence-corrected chi connectivity index (χ2v) is 4.54. The highest BCUT2D eigenvalue weighted by Crippen LogP contribution is 2.28. The van der Waals surface area contributed by atoms with Crippen molar-refractivity contribution >= 4 is 0 Å². The second kappa shape index (κ2) is 5.41. The Kier molecular flexibility index (Phi) is 3.91. The van der Waals surface area contributed by atoms with Gasteiger partial charge in [0.25, 0.3) is 0 Å². The van der Waals surface area contributed by atoms with Crippen LogP contribution in [0.2, 0.25) is 0 Å². The third-order valence-corrected chi connectivity index (χ3v) is 3.34. The van der Waals surface area contributed by atoms with Gasteiger partial charge in [0.1, 0.15) is 0 Å². The van der Waals surface area contributed by atoms with E-state index in [0.29, 0.717) is 5.92 Å². The maximum Gasteiger partial charge on any atom is 0.0810 e. The Morgan fingerprint density at radius 1 is 1.50 bits per heavy atom. The Hall–Kier alpha value is -0.930. The molecule has 1 atom stereocenters. The predicted octanol–water partition coefficient (Wildman–Crippen LogP) is 2.24. The summed E-state index contributed by atoms with van der Waals surface area (Å²) in [6, 6.07) is 1.95. The van der Waals surface area contributed by atoms with Crippen molar-refractivity contribution in [3.05, 3.63) is 29.6 Å². The lowest BCUT2D eigenvalue weighted by molar-refractivity contribution is 0.0433. The van der Waals surface area contributed by atoms with Crippen molar-refractivity contribution in [3.8, 4) is 0 Å². The van der Waals surface area contributed by atoms with Gasteiger partial charge < -0.3 is 9.84 Å². The molecule has 0 amide bonds. The van der Waals surface area contributed by atoms with Crippen LogP contribution in [0.3, 0.4) is 0 Å². The average Bonchev–Trinajstić information content (AvgIpc) is 2.31. The number of nitrogens with zero attached hydrogens (tertiary/aromatic N) is 1. The van der Waals surface area contributed by atoms with Gasteiger partial charge in [0.2, 0.25) is 0 Å². The molecule has 0 radical (unpaired) electrons. The quantitative estimate of drug-likeness (QED) is 0.851. The summed E-state index contributed by atoms with van der Waals surface area (Å²) >= 11 is 0. The SMILES string of the molecule is Cc1ccncc1C(O)CC1CCOCC1. The first kappa shape index (κ1) is 11.6. The first-order valence-corrected chi connectivity index (χ1v) is 5.93. The molecule has 1 aromatic rings. The summed E-state index contributed by atoms with van der Waals surface area (Å²) < 4.78 is 5.32. The van der Waals surface area contributed by atoms with Crippen LogP contribution in [0.5, 0.6) is 0 Å². The molecule has 1 fully saturated rings. The highest BCUT2D eigenvalue weighted by Gasteiger charge is 2.19. The maximum absolute atomic E-state index is 10.2. The molecule has 1 saturated heterocycles. The zero-order valence-electron chi connectivity index (χ0n) is 9.72. The molecule has 1 aliphatic heterocycles. The Morgan fingerprint density at radius 3 is 2.94 bits per heavy atom. The highest BCUT2D eigenvalue weighted by molar-refractivity contribution is 5.23. The molecular weight excluding hydrogens is 202 g/mol. The number of aromatic nitrogens is 1. The fourth-order valence-corrected chi connectivity index (χ4v) is 2.25. The molecule has 16 heavy (non-hydrogen) atoms. The molecular formula is C13H19NO2. The Bertz CT molecular complexity index is 334. The summed E-state index contributed by atoms with van der Waals surface area (Å²) in [5, 5.41) is 10.2. The number of aliphatic hydroxyl groups excluding tert-OH is 1. The van der Waals surface area contributed by atoms with E-state index >= 15 is 0 Å². The number of hydrogen-bond acceptors (Lipinski definition) is 3. The van der Waals surface area contributed by atoms with Crippen LogP contribution in [0.15, 0.2) is 18.5 Å². The zero-order chi connectivity index (χ0) is 11.4. The van der Waals surface area contributed by atoms with Crippen molar-refractivity contribution in [2.45, 2.75) is 32.3 Å². The average molecular weight is 221 g/mol. The molecule has 2 heterocycles. The third kappa shape index (κ3) is 2.80. The van der Waals surface area contributed by atoms with Crippen LogP contribution in [0, 0.1) is 12.8 Å². The minimum absolute atomic E-state index is 0.378. The maximum atomic E-state index is 10.2. The van der Waals surface area contributed by atoms with Gasteiger partial charge >= 0.3 is 0 Å². The van der Waals surface area contributed by atoms with E-state index in [2.05, 4.69) is 4.98 Å². The normalized spacial score (nSPS) is 19.6. The van der Waals surface area contributed by atoms with Crippen molar-refractivity contribution in [3.63, 3.8) is 0 Å². The smallest absolute Gasteiger partial charge is 0.0810 e. The third-order valence-electron chi connectivity index (χ3n) is 3.34. The Labute approximate surface area is 96.5 Å². The number of aliphatic hydroxyl groups is 1. The second-order valence-electron chi connectivity index (χ2n) is 4.54. The number of aryl methyl sites for hydroxylation is 1. The summed E-state index contributed by atoms with van der Waals surface area (Å²) in [5.74, 6) is 0.586. The van der Waals surface area contributed by atoms with E-state index in [1.165, 1.54) is 0 Å². The fraction of sp³-hybridized carbons (Fsp3) is 0.615. The van der Waals surface area contributed by atoms with Gasteiger partial charge in [-0.25, -0.2) is 0 Å². The highest BCUT2D eigenvalue weighted by atomic mass is 16.5. The van der Waals surface area contributed by atoms with Crippen LogP contribution < -0.4 is 0 Å². The Balaban J connectivity index is 1.96. The van der Waals surface area contributed by atoms with Gasteiger partial charge in [-0.05, 0) is 43.7 Å². The van der Waals surface area contributed by atoms with Crippen molar-refractivity contribution in [1.29, 1.82) is 0 Å². The van der Waals surface area contributed by atoms with Crippen molar-refractivity contribution in [2.75, 3.05) is 13.2 Å². The number of hydrogen-bond donors (Lipinski definition) is 1. The molecule has 0 spiro atoms. The summed E-state index contributed by atoms with van der Waals surface area (Å²) in [5.41, 5.74) is 2.09. The molecule has 88 valence electrons.